The Kier molecular flexibility index (Phi) is 3.27. The molecule has 5 heteroatoms. The van der Waals surface area contributed by atoms with E-state index in [0.29, 0.717) is 12.1 Å². The van der Waals surface area contributed by atoms with Crippen LogP contribution in [0.3, 0.4) is 0 Å². The van der Waals surface area contributed by atoms with Crippen LogP contribution >= 0.6 is 0 Å². The number of hydrogen-bond acceptors (Lipinski definition) is 4. The number of nitrogens with zero attached hydrogens (tertiary/aromatic N) is 4. The van der Waals surface area contributed by atoms with Crippen LogP contribution in [-0.2, 0) is 13.1 Å². The van der Waals surface area contributed by atoms with Gasteiger partial charge in [-0.3, -0.25) is 4.90 Å². The molecule has 0 radical (unpaired) electrons. The molecule has 2 saturated carbocycles. The van der Waals surface area contributed by atoms with E-state index in [1.807, 2.05) is 4.68 Å². The molecule has 4 rings (SSSR count). The highest BCUT2D eigenvalue weighted by Crippen LogP contribution is 2.39. The zero-order valence-corrected chi connectivity index (χ0v) is 12.3. The SMILES string of the molecule is CCn1ncnc1CN1CC(C2CC2)NCC1C1CC1. The highest BCUT2D eigenvalue weighted by molar-refractivity contribution is 5.00. The molecule has 2 aliphatic carbocycles. The normalized spacial score (nSPS) is 31.6. The Labute approximate surface area is 120 Å². The van der Waals surface area contributed by atoms with Crippen LogP contribution in [-0.4, -0.2) is 44.8 Å². The number of hydrogen-bond donors (Lipinski definition) is 1. The van der Waals surface area contributed by atoms with Gasteiger partial charge in [-0.1, -0.05) is 0 Å². The maximum absolute atomic E-state index is 4.47. The fourth-order valence-corrected chi connectivity index (χ4v) is 3.65. The number of aryl methyl sites for hydroxylation is 1. The number of aromatic nitrogens is 3. The number of rotatable bonds is 5. The van der Waals surface area contributed by atoms with Crippen molar-refractivity contribution < 1.29 is 0 Å². The lowest BCUT2D eigenvalue weighted by molar-refractivity contribution is 0.0961. The minimum atomic E-state index is 0.711. The van der Waals surface area contributed by atoms with E-state index in [-0.39, 0.29) is 0 Å². The van der Waals surface area contributed by atoms with E-state index in [2.05, 4.69) is 27.2 Å². The van der Waals surface area contributed by atoms with Crippen molar-refractivity contribution in [1.82, 2.24) is 25.0 Å². The molecule has 1 aromatic rings. The third-order valence-electron chi connectivity index (χ3n) is 5.19. The molecule has 0 spiro atoms. The first-order valence-corrected chi connectivity index (χ1v) is 8.19. The van der Waals surface area contributed by atoms with E-state index >= 15 is 0 Å². The van der Waals surface area contributed by atoms with E-state index < -0.39 is 0 Å². The van der Waals surface area contributed by atoms with Gasteiger partial charge in [-0.15, -0.1) is 0 Å². The van der Waals surface area contributed by atoms with E-state index in [1.54, 1.807) is 6.33 Å². The maximum atomic E-state index is 4.47. The van der Waals surface area contributed by atoms with Crippen LogP contribution in [0, 0.1) is 11.8 Å². The molecule has 1 saturated heterocycles. The summed E-state index contributed by atoms with van der Waals surface area (Å²) in [5.74, 6) is 2.98. The molecule has 0 amide bonds. The maximum Gasteiger partial charge on any atom is 0.141 e. The molecule has 2 unspecified atom stereocenters. The minimum Gasteiger partial charge on any atom is -0.311 e. The van der Waals surface area contributed by atoms with Crippen molar-refractivity contribution in [2.75, 3.05) is 13.1 Å². The lowest BCUT2D eigenvalue weighted by Gasteiger charge is -2.40. The van der Waals surface area contributed by atoms with Crippen LogP contribution < -0.4 is 5.32 Å². The summed E-state index contributed by atoms with van der Waals surface area (Å²) >= 11 is 0. The molecule has 0 bridgehead atoms. The summed E-state index contributed by atoms with van der Waals surface area (Å²) < 4.78 is 2.04. The van der Waals surface area contributed by atoms with Gasteiger partial charge in [-0.05, 0) is 44.4 Å². The molecule has 0 aromatic carbocycles. The van der Waals surface area contributed by atoms with E-state index in [0.717, 1.165) is 30.7 Å². The molecule has 20 heavy (non-hydrogen) atoms. The molecule has 2 atom stereocenters. The van der Waals surface area contributed by atoms with Crippen molar-refractivity contribution in [2.24, 2.45) is 11.8 Å². The quantitative estimate of drug-likeness (QED) is 0.879. The minimum absolute atomic E-state index is 0.711. The van der Waals surface area contributed by atoms with Crippen LogP contribution in [0.4, 0.5) is 0 Å². The third kappa shape index (κ3) is 2.49. The molecule has 3 aliphatic rings. The Morgan fingerprint density at radius 3 is 2.75 bits per heavy atom. The lowest BCUT2D eigenvalue weighted by atomic mass is 10.0. The summed E-state index contributed by atoms with van der Waals surface area (Å²) in [7, 11) is 0. The number of nitrogens with one attached hydrogen (secondary N) is 1. The van der Waals surface area contributed by atoms with Gasteiger partial charge in [0.15, 0.2) is 0 Å². The van der Waals surface area contributed by atoms with Crippen molar-refractivity contribution in [2.45, 2.75) is 57.8 Å². The fraction of sp³-hybridized carbons (Fsp3) is 0.867. The highest BCUT2D eigenvalue weighted by atomic mass is 15.4. The first-order chi connectivity index (χ1) is 9.85. The second kappa shape index (κ2) is 5.11. The van der Waals surface area contributed by atoms with Crippen molar-refractivity contribution in [3.63, 3.8) is 0 Å². The molecule has 5 nitrogen and oxygen atoms in total. The topological polar surface area (TPSA) is 46.0 Å². The molecular formula is C15H25N5. The fourth-order valence-electron chi connectivity index (χ4n) is 3.65. The standard InChI is InChI=1S/C15H25N5/c1-2-20-15(17-10-18-20)9-19-8-13(11-3-4-11)16-7-14(19)12-5-6-12/h10-14,16H,2-9H2,1H3. The number of piperazine rings is 1. The predicted molar refractivity (Wildman–Crippen MR) is 77.1 cm³/mol. The van der Waals surface area contributed by atoms with Crippen molar-refractivity contribution in [3.05, 3.63) is 12.2 Å². The van der Waals surface area contributed by atoms with E-state index in [9.17, 15) is 0 Å². The molecular weight excluding hydrogens is 250 g/mol. The molecule has 1 aromatic heterocycles. The predicted octanol–water partition coefficient (Wildman–Crippen LogP) is 1.26. The van der Waals surface area contributed by atoms with Crippen LogP contribution in [0.2, 0.25) is 0 Å². The Bertz CT molecular complexity index is 463. The van der Waals surface area contributed by atoms with Crippen molar-refractivity contribution >= 4 is 0 Å². The summed E-state index contributed by atoms with van der Waals surface area (Å²) in [6, 6.07) is 1.43. The summed E-state index contributed by atoms with van der Waals surface area (Å²) in [6.45, 7) is 6.40. The Morgan fingerprint density at radius 2 is 2.05 bits per heavy atom. The second-order valence-corrected chi connectivity index (χ2v) is 6.68. The molecule has 110 valence electrons. The molecule has 1 aliphatic heterocycles. The Hall–Kier alpha value is -0.940. The molecule has 2 heterocycles. The second-order valence-electron chi connectivity index (χ2n) is 6.68. The monoisotopic (exact) mass is 275 g/mol. The van der Waals surface area contributed by atoms with Gasteiger partial charge in [0, 0.05) is 31.7 Å². The van der Waals surface area contributed by atoms with Crippen LogP contribution in [0.15, 0.2) is 6.33 Å². The average molecular weight is 275 g/mol. The summed E-state index contributed by atoms with van der Waals surface area (Å²) in [5, 5.41) is 8.12. The van der Waals surface area contributed by atoms with Gasteiger partial charge in [0.2, 0.25) is 0 Å². The van der Waals surface area contributed by atoms with E-state index in [1.165, 1.54) is 38.8 Å². The molecule has 1 N–H and O–H groups in total. The average Bonchev–Trinajstić information content (AvgIpc) is 3.36. The van der Waals surface area contributed by atoms with Gasteiger partial charge in [0.1, 0.15) is 12.2 Å². The Balaban J connectivity index is 1.48. The van der Waals surface area contributed by atoms with Crippen molar-refractivity contribution in [3.8, 4) is 0 Å². The summed E-state index contributed by atoms with van der Waals surface area (Å²) in [4.78, 5) is 7.16. The van der Waals surface area contributed by atoms with Crippen LogP contribution in [0.25, 0.3) is 0 Å². The van der Waals surface area contributed by atoms with Crippen molar-refractivity contribution in [1.29, 1.82) is 0 Å². The Morgan fingerprint density at radius 1 is 1.25 bits per heavy atom. The van der Waals surface area contributed by atoms with E-state index in [4.69, 9.17) is 0 Å². The van der Waals surface area contributed by atoms with Gasteiger partial charge in [0.05, 0.1) is 6.54 Å². The smallest absolute Gasteiger partial charge is 0.141 e. The lowest BCUT2D eigenvalue weighted by Crippen LogP contribution is -2.57. The van der Waals surface area contributed by atoms with Gasteiger partial charge in [-0.25, -0.2) is 9.67 Å². The van der Waals surface area contributed by atoms with Gasteiger partial charge in [-0.2, -0.15) is 5.10 Å². The zero-order valence-electron chi connectivity index (χ0n) is 12.3. The van der Waals surface area contributed by atoms with Gasteiger partial charge in [0.25, 0.3) is 0 Å². The third-order valence-corrected chi connectivity index (χ3v) is 5.19. The first kappa shape index (κ1) is 12.8. The summed E-state index contributed by atoms with van der Waals surface area (Å²) in [6.07, 6.45) is 7.37. The highest BCUT2D eigenvalue weighted by Gasteiger charge is 2.42. The first-order valence-electron chi connectivity index (χ1n) is 8.19. The van der Waals surface area contributed by atoms with Gasteiger partial charge < -0.3 is 5.32 Å². The summed E-state index contributed by atoms with van der Waals surface area (Å²) in [5.41, 5.74) is 0. The van der Waals surface area contributed by atoms with Gasteiger partial charge >= 0.3 is 0 Å². The zero-order chi connectivity index (χ0) is 13.5. The largest absolute Gasteiger partial charge is 0.311 e. The van der Waals surface area contributed by atoms with Crippen LogP contribution in [0.1, 0.15) is 38.4 Å². The molecule has 3 fully saturated rings. The van der Waals surface area contributed by atoms with Crippen LogP contribution in [0.5, 0.6) is 0 Å².